The van der Waals surface area contributed by atoms with Crippen LogP contribution in [0.25, 0.3) is 10.1 Å². The second kappa shape index (κ2) is 6.66. The van der Waals surface area contributed by atoms with Gasteiger partial charge in [0.25, 0.3) is 5.91 Å². The van der Waals surface area contributed by atoms with Gasteiger partial charge < -0.3 is 11.1 Å². The Morgan fingerprint density at radius 1 is 1.52 bits per heavy atom. The highest BCUT2D eigenvalue weighted by Crippen LogP contribution is 2.35. The van der Waals surface area contributed by atoms with Crippen LogP contribution in [0.4, 0.5) is 5.69 Å². The van der Waals surface area contributed by atoms with Crippen molar-refractivity contribution in [1.82, 2.24) is 10.3 Å². The summed E-state index contributed by atoms with van der Waals surface area (Å²) in [5, 5.41) is 4.41. The zero-order valence-electron chi connectivity index (χ0n) is 12.8. The molecule has 1 atom stereocenters. The number of nitrogens with one attached hydrogen (secondary N) is 1. The van der Waals surface area contributed by atoms with E-state index in [1.807, 2.05) is 19.9 Å². The number of anilines is 1. The normalized spacial score (nSPS) is 12.6. The molecule has 0 fully saturated rings. The summed E-state index contributed by atoms with van der Waals surface area (Å²) < 4.78 is 1.03. The molecule has 0 aliphatic carbocycles. The van der Waals surface area contributed by atoms with E-state index in [4.69, 9.17) is 5.73 Å². The quantitative estimate of drug-likeness (QED) is 0.885. The van der Waals surface area contributed by atoms with Gasteiger partial charge >= 0.3 is 0 Å². The number of nitrogen functional groups attached to an aromatic ring is 1. The van der Waals surface area contributed by atoms with Crippen molar-refractivity contribution >= 4 is 44.8 Å². The monoisotopic (exact) mass is 323 g/mol. The molecule has 0 saturated carbocycles. The number of pyridine rings is 1. The van der Waals surface area contributed by atoms with Gasteiger partial charge in [-0.3, -0.25) is 9.78 Å². The third kappa shape index (κ3) is 3.49. The first-order chi connectivity index (χ1) is 9.93. The zero-order chi connectivity index (χ0) is 15.6. The van der Waals surface area contributed by atoms with Gasteiger partial charge in [0.1, 0.15) is 4.88 Å². The number of amides is 1. The molecule has 0 aromatic carbocycles. The molecule has 0 bridgehead atoms. The highest BCUT2D eigenvalue weighted by atomic mass is 32.2. The Morgan fingerprint density at radius 3 is 2.90 bits per heavy atom. The average Bonchev–Trinajstić information content (AvgIpc) is 2.75. The van der Waals surface area contributed by atoms with Crippen molar-refractivity contribution in [2.45, 2.75) is 32.4 Å². The molecule has 3 N–H and O–H groups in total. The van der Waals surface area contributed by atoms with E-state index in [1.54, 1.807) is 11.8 Å². The third-order valence-corrected chi connectivity index (χ3v) is 5.66. The fraction of sp³-hybridized carbons (Fsp3) is 0.467. The zero-order valence-corrected chi connectivity index (χ0v) is 14.5. The summed E-state index contributed by atoms with van der Waals surface area (Å²) in [6, 6.07) is 1.98. The van der Waals surface area contributed by atoms with Crippen LogP contribution < -0.4 is 11.1 Å². The Kier molecular flexibility index (Phi) is 5.11. The van der Waals surface area contributed by atoms with Crippen molar-refractivity contribution in [3.63, 3.8) is 0 Å². The first kappa shape index (κ1) is 16.1. The van der Waals surface area contributed by atoms with Gasteiger partial charge in [-0.05, 0) is 32.6 Å². The molecule has 1 amide bonds. The molecule has 0 saturated heterocycles. The minimum atomic E-state index is -0.0842. The van der Waals surface area contributed by atoms with Crippen molar-refractivity contribution in [2.24, 2.45) is 0 Å². The Morgan fingerprint density at radius 2 is 2.24 bits per heavy atom. The van der Waals surface area contributed by atoms with E-state index in [-0.39, 0.29) is 5.91 Å². The van der Waals surface area contributed by atoms with E-state index >= 15 is 0 Å². The van der Waals surface area contributed by atoms with E-state index in [2.05, 4.69) is 23.5 Å². The number of carbonyl (C=O) groups excluding carboxylic acids is 1. The summed E-state index contributed by atoms with van der Waals surface area (Å²) in [6.07, 6.45) is 3.03. The van der Waals surface area contributed by atoms with Gasteiger partial charge in [-0.1, -0.05) is 6.92 Å². The largest absolute Gasteiger partial charge is 0.397 e. The molecule has 2 heterocycles. The molecular weight excluding hydrogens is 302 g/mol. The first-order valence-corrected chi connectivity index (χ1v) is 9.01. The molecule has 114 valence electrons. The fourth-order valence-corrected chi connectivity index (χ4v) is 3.77. The number of hydrogen-bond acceptors (Lipinski definition) is 5. The lowest BCUT2D eigenvalue weighted by molar-refractivity contribution is 0.0958. The highest BCUT2D eigenvalue weighted by molar-refractivity contribution is 7.99. The van der Waals surface area contributed by atoms with Crippen molar-refractivity contribution < 1.29 is 4.79 Å². The number of rotatable bonds is 5. The summed E-state index contributed by atoms with van der Waals surface area (Å²) in [6.45, 7) is 6.71. The molecule has 6 heteroatoms. The molecule has 0 spiro atoms. The number of fused-ring (bicyclic) bond motifs is 1. The second-order valence-corrected chi connectivity index (χ2v) is 7.49. The smallest absolute Gasteiger partial charge is 0.263 e. The number of thiophene rings is 1. The van der Waals surface area contributed by atoms with Crippen LogP contribution in [0.2, 0.25) is 0 Å². The lowest BCUT2D eigenvalue weighted by atomic mass is 10.2. The SMILES string of the molecule is CSC(C)CCNC(=O)c1sc2cc(C)nc(C)c2c1N. The van der Waals surface area contributed by atoms with Crippen LogP contribution in [-0.2, 0) is 0 Å². The standard InChI is InChI=1S/C15H21N3OS2/c1-8-7-11-12(10(3)18-8)13(16)14(21-11)15(19)17-6-5-9(2)20-4/h7,9H,5-6,16H2,1-4H3,(H,17,19). The van der Waals surface area contributed by atoms with Gasteiger partial charge in [-0.2, -0.15) is 11.8 Å². The number of aryl methyl sites for hydroxylation is 2. The summed E-state index contributed by atoms with van der Waals surface area (Å²) in [7, 11) is 0. The summed E-state index contributed by atoms with van der Waals surface area (Å²) in [5.41, 5.74) is 8.53. The number of nitrogens with two attached hydrogens (primary N) is 1. The van der Waals surface area contributed by atoms with E-state index < -0.39 is 0 Å². The molecule has 0 aliphatic rings. The van der Waals surface area contributed by atoms with Gasteiger partial charge in [0.15, 0.2) is 0 Å². The Bertz CT molecular complexity index is 666. The third-order valence-electron chi connectivity index (χ3n) is 3.46. The van der Waals surface area contributed by atoms with Gasteiger partial charge in [0.2, 0.25) is 0 Å². The second-order valence-electron chi connectivity index (χ2n) is 5.16. The summed E-state index contributed by atoms with van der Waals surface area (Å²) >= 11 is 3.24. The maximum Gasteiger partial charge on any atom is 0.263 e. The van der Waals surface area contributed by atoms with E-state index in [0.717, 1.165) is 27.9 Å². The number of hydrogen-bond donors (Lipinski definition) is 2. The van der Waals surface area contributed by atoms with Crippen LogP contribution in [0.15, 0.2) is 6.07 Å². The molecule has 2 aromatic heterocycles. The van der Waals surface area contributed by atoms with E-state index in [0.29, 0.717) is 22.4 Å². The van der Waals surface area contributed by atoms with Gasteiger partial charge in [0.05, 0.1) is 5.69 Å². The Hall–Kier alpha value is -1.27. The fourth-order valence-electron chi connectivity index (χ4n) is 2.24. The Balaban J connectivity index is 2.20. The molecule has 0 aliphatic heterocycles. The predicted molar refractivity (Wildman–Crippen MR) is 93.4 cm³/mol. The van der Waals surface area contributed by atoms with E-state index in [1.165, 1.54) is 11.3 Å². The average molecular weight is 323 g/mol. The minimum absolute atomic E-state index is 0.0842. The molecule has 21 heavy (non-hydrogen) atoms. The van der Waals surface area contributed by atoms with Crippen molar-refractivity contribution in [1.29, 1.82) is 0 Å². The lowest BCUT2D eigenvalue weighted by Crippen LogP contribution is -2.25. The van der Waals surface area contributed by atoms with Gasteiger partial charge in [-0.25, -0.2) is 0 Å². The molecule has 0 radical (unpaired) electrons. The number of carbonyl (C=O) groups is 1. The number of aromatic nitrogens is 1. The molecule has 1 unspecified atom stereocenters. The minimum Gasteiger partial charge on any atom is -0.397 e. The summed E-state index contributed by atoms with van der Waals surface area (Å²) in [4.78, 5) is 17.3. The number of thioether (sulfide) groups is 1. The topological polar surface area (TPSA) is 68.0 Å². The number of nitrogens with zero attached hydrogens (tertiary/aromatic N) is 1. The predicted octanol–water partition coefficient (Wildman–Crippen LogP) is 3.37. The lowest BCUT2D eigenvalue weighted by Gasteiger charge is -2.08. The van der Waals surface area contributed by atoms with Crippen molar-refractivity contribution in [3.8, 4) is 0 Å². The maximum absolute atomic E-state index is 12.3. The van der Waals surface area contributed by atoms with Gasteiger partial charge in [0, 0.05) is 33.3 Å². The maximum atomic E-state index is 12.3. The van der Waals surface area contributed by atoms with Crippen LogP contribution in [-0.4, -0.2) is 28.9 Å². The van der Waals surface area contributed by atoms with Gasteiger partial charge in [-0.15, -0.1) is 11.3 Å². The van der Waals surface area contributed by atoms with Crippen LogP contribution in [0, 0.1) is 13.8 Å². The van der Waals surface area contributed by atoms with Crippen LogP contribution >= 0.6 is 23.1 Å². The van der Waals surface area contributed by atoms with Crippen LogP contribution in [0.3, 0.4) is 0 Å². The molecule has 2 aromatic rings. The van der Waals surface area contributed by atoms with E-state index in [9.17, 15) is 4.79 Å². The molecule has 2 rings (SSSR count). The molecule has 4 nitrogen and oxygen atoms in total. The van der Waals surface area contributed by atoms with Crippen molar-refractivity contribution in [3.05, 3.63) is 22.3 Å². The van der Waals surface area contributed by atoms with Crippen LogP contribution in [0.1, 0.15) is 34.4 Å². The van der Waals surface area contributed by atoms with Crippen molar-refractivity contribution in [2.75, 3.05) is 18.5 Å². The Labute approximate surface area is 133 Å². The van der Waals surface area contributed by atoms with Crippen LogP contribution in [0.5, 0.6) is 0 Å². The molecular formula is C15H21N3OS2. The highest BCUT2D eigenvalue weighted by Gasteiger charge is 2.18. The summed E-state index contributed by atoms with van der Waals surface area (Å²) in [5.74, 6) is -0.0842. The first-order valence-electron chi connectivity index (χ1n) is 6.91.